The van der Waals surface area contributed by atoms with E-state index in [1.54, 1.807) is 0 Å². The standard InChI is InChI=1S/C24H23ClN4O2S/c1-15(17-5-2-3-6-18(17)25)31-20-11-21(32-23(20)24(26)30)19-12-27-22-8-7-16(14-29(19)22)13-28-9-4-10-28/h2-3,5-8,11-12,14-15H,4,9-10,13H2,1H3,(H2,26,30)/t15-/m1/s1. The van der Waals surface area contributed by atoms with Crippen LogP contribution in [0.4, 0.5) is 0 Å². The van der Waals surface area contributed by atoms with E-state index in [0.717, 1.165) is 41.4 Å². The Hall–Kier alpha value is -2.87. The Bertz CT molecular complexity index is 1290. The van der Waals surface area contributed by atoms with E-state index in [1.165, 1.54) is 23.3 Å². The van der Waals surface area contributed by atoms with Crippen molar-refractivity contribution in [2.45, 2.75) is 26.0 Å². The molecule has 1 aliphatic rings. The third-order valence-corrected chi connectivity index (χ3v) is 7.24. The van der Waals surface area contributed by atoms with E-state index in [4.69, 9.17) is 22.1 Å². The molecule has 0 spiro atoms. The first kappa shape index (κ1) is 21.0. The molecule has 1 atom stereocenters. The van der Waals surface area contributed by atoms with Crippen molar-refractivity contribution in [2.24, 2.45) is 5.73 Å². The largest absolute Gasteiger partial charge is 0.484 e. The summed E-state index contributed by atoms with van der Waals surface area (Å²) < 4.78 is 8.21. The first-order chi connectivity index (χ1) is 15.5. The van der Waals surface area contributed by atoms with Crippen LogP contribution in [0.15, 0.2) is 54.9 Å². The van der Waals surface area contributed by atoms with Crippen molar-refractivity contribution < 1.29 is 9.53 Å². The van der Waals surface area contributed by atoms with Gasteiger partial charge in [-0.2, -0.15) is 0 Å². The molecule has 164 valence electrons. The highest BCUT2D eigenvalue weighted by Gasteiger charge is 2.22. The molecule has 32 heavy (non-hydrogen) atoms. The van der Waals surface area contributed by atoms with Crippen molar-refractivity contribution in [1.82, 2.24) is 14.3 Å². The minimum Gasteiger partial charge on any atom is -0.484 e. The number of aromatic nitrogens is 2. The summed E-state index contributed by atoms with van der Waals surface area (Å²) in [5.74, 6) is -0.0634. The SMILES string of the molecule is C[C@@H](Oc1cc(-c2cnc3ccc(CN4CCC4)cn23)sc1C(N)=O)c1ccccc1Cl. The quantitative estimate of drug-likeness (QED) is 0.408. The van der Waals surface area contributed by atoms with E-state index < -0.39 is 5.91 Å². The monoisotopic (exact) mass is 466 g/mol. The molecule has 1 amide bonds. The van der Waals surface area contributed by atoms with Gasteiger partial charge < -0.3 is 10.5 Å². The Balaban J connectivity index is 1.49. The number of nitrogens with two attached hydrogens (primary N) is 1. The molecule has 0 bridgehead atoms. The summed E-state index contributed by atoms with van der Waals surface area (Å²) in [5.41, 5.74) is 9.51. The van der Waals surface area contributed by atoms with Crippen LogP contribution in [0.2, 0.25) is 5.02 Å². The Kier molecular flexibility index (Phi) is 5.63. The number of primary amides is 1. The highest BCUT2D eigenvalue weighted by molar-refractivity contribution is 7.17. The van der Waals surface area contributed by atoms with E-state index in [9.17, 15) is 4.79 Å². The molecule has 4 heterocycles. The van der Waals surface area contributed by atoms with E-state index in [0.29, 0.717) is 15.6 Å². The number of benzene rings is 1. The number of hydrogen-bond acceptors (Lipinski definition) is 5. The molecule has 0 saturated carbocycles. The van der Waals surface area contributed by atoms with E-state index in [2.05, 4.69) is 26.5 Å². The number of pyridine rings is 1. The second kappa shape index (κ2) is 8.58. The molecule has 3 aromatic heterocycles. The zero-order valence-electron chi connectivity index (χ0n) is 17.6. The number of fused-ring (bicyclic) bond motifs is 1. The second-order valence-electron chi connectivity index (χ2n) is 7.99. The molecule has 8 heteroatoms. The van der Waals surface area contributed by atoms with Gasteiger partial charge in [0.2, 0.25) is 0 Å². The number of carbonyl (C=O) groups is 1. The summed E-state index contributed by atoms with van der Waals surface area (Å²) >= 11 is 7.63. The molecule has 1 saturated heterocycles. The van der Waals surface area contributed by atoms with Crippen LogP contribution < -0.4 is 10.5 Å². The highest BCUT2D eigenvalue weighted by atomic mass is 35.5. The van der Waals surface area contributed by atoms with Crippen LogP contribution in [-0.2, 0) is 6.54 Å². The van der Waals surface area contributed by atoms with Crippen molar-refractivity contribution in [3.8, 4) is 16.3 Å². The number of carbonyl (C=O) groups excluding carboxylic acids is 1. The number of nitrogens with zero attached hydrogens (tertiary/aromatic N) is 3. The topological polar surface area (TPSA) is 72.9 Å². The van der Waals surface area contributed by atoms with E-state index >= 15 is 0 Å². The summed E-state index contributed by atoms with van der Waals surface area (Å²) in [6, 6.07) is 13.5. The first-order valence-electron chi connectivity index (χ1n) is 10.5. The van der Waals surface area contributed by atoms with Crippen LogP contribution in [0.5, 0.6) is 5.75 Å². The number of imidazole rings is 1. The van der Waals surface area contributed by atoms with Crippen molar-refractivity contribution in [2.75, 3.05) is 13.1 Å². The molecule has 1 aliphatic heterocycles. The molecular weight excluding hydrogens is 444 g/mol. The van der Waals surface area contributed by atoms with Crippen molar-refractivity contribution in [3.63, 3.8) is 0 Å². The minimum atomic E-state index is -0.519. The third-order valence-electron chi connectivity index (χ3n) is 5.74. The van der Waals surface area contributed by atoms with Crippen molar-refractivity contribution in [3.05, 3.63) is 75.9 Å². The van der Waals surface area contributed by atoms with Crippen LogP contribution in [0.3, 0.4) is 0 Å². The number of thiophene rings is 1. The predicted octanol–water partition coefficient (Wildman–Crippen LogP) is 5.16. The molecule has 4 aromatic rings. The van der Waals surface area contributed by atoms with Gasteiger partial charge in [-0.25, -0.2) is 4.98 Å². The zero-order chi connectivity index (χ0) is 22.2. The summed E-state index contributed by atoms with van der Waals surface area (Å²) in [6.07, 6.45) is 4.86. The average Bonchev–Trinajstić information content (AvgIpc) is 3.34. The average molecular weight is 467 g/mol. The first-order valence-corrected chi connectivity index (χ1v) is 11.7. The summed E-state index contributed by atoms with van der Waals surface area (Å²) in [6.45, 7) is 5.12. The Morgan fingerprint density at radius 1 is 1.28 bits per heavy atom. The smallest absolute Gasteiger partial charge is 0.262 e. The van der Waals surface area contributed by atoms with Gasteiger partial charge >= 0.3 is 0 Å². The molecule has 1 aromatic carbocycles. The Morgan fingerprint density at radius 2 is 2.09 bits per heavy atom. The van der Waals surface area contributed by atoms with E-state index in [1.807, 2.05) is 49.5 Å². The molecule has 0 unspecified atom stereocenters. The fourth-order valence-electron chi connectivity index (χ4n) is 3.92. The van der Waals surface area contributed by atoms with E-state index in [-0.39, 0.29) is 6.10 Å². The molecule has 5 rings (SSSR count). The fraction of sp³-hybridized carbons (Fsp3) is 0.250. The van der Waals surface area contributed by atoms with Gasteiger partial charge in [-0.3, -0.25) is 14.1 Å². The van der Waals surface area contributed by atoms with Crippen molar-refractivity contribution >= 4 is 34.5 Å². The van der Waals surface area contributed by atoms with Gasteiger partial charge in [-0.1, -0.05) is 35.9 Å². The lowest BCUT2D eigenvalue weighted by atomic mass is 10.1. The number of amides is 1. The fourth-order valence-corrected chi connectivity index (χ4v) is 5.16. The molecule has 2 N–H and O–H groups in total. The van der Waals surface area contributed by atoms with Gasteiger partial charge in [-0.05, 0) is 44.1 Å². The van der Waals surface area contributed by atoms with Gasteiger partial charge in [0.05, 0.1) is 16.8 Å². The zero-order valence-corrected chi connectivity index (χ0v) is 19.2. The number of ether oxygens (including phenoxy) is 1. The van der Waals surface area contributed by atoms with Crippen LogP contribution in [0.25, 0.3) is 16.2 Å². The van der Waals surface area contributed by atoms with Gasteiger partial charge in [0.25, 0.3) is 5.91 Å². The minimum absolute atomic E-state index is 0.338. The maximum Gasteiger partial charge on any atom is 0.262 e. The molecular formula is C24H23ClN4O2S. The van der Waals surface area contributed by atoms with Crippen LogP contribution >= 0.6 is 22.9 Å². The lowest BCUT2D eigenvalue weighted by Crippen LogP contribution is -2.36. The van der Waals surface area contributed by atoms with Crippen molar-refractivity contribution in [1.29, 1.82) is 0 Å². The van der Waals surface area contributed by atoms with Crippen LogP contribution in [0, 0.1) is 0 Å². The summed E-state index contributed by atoms with van der Waals surface area (Å²) in [4.78, 5) is 20.4. The Labute approximate surface area is 195 Å². The van der Waals surface area contributed by atoms with Crippen LogP contribution in [-0.4, -0.2) is 33.3 Å². The normalized spacial score (nSPS) is 14.9. The molecule has 0 aliphatic carbocycles. The summed E-state index contributed by atoms with van der Waals surface area (Å²) in [5, 5.41) is 0.618. The lowest BCUT2D eigenvalue weighted by Gasteiger charge is -2.30. The van der Waals surface area contributed by atoms with Gasteiger partial charge in [-0.15, -0.1) is 11.3 Å². The Morgan fingerprint density at radius 3 is 2.81 bits per heavy atom. The van der Waals surface area contributed by atoms with Gasteiger partial charge in [0.15, 0.2) is 0 Å². The number of likely N-dealkylation sites (tertiary alicyclic amines) is 1. The van der Waals surface area contributed by atoms with Crippen LogP contribution in [0.1, 0.15) is 40.2 Å². The maximum absolute atomic E-state index is 12.2. The molecule has 1 fully saturated rings. The third kappa shape index (κ3) is 3.99. The lowest BCUT2D eigenvalue weighted by molar-refractivity contribution is 0.0998. The summed E-state index contributed by atoms with van der Waals surface area (Å²) in [7, 11) is 0. The number of halogens is 1. The highest BCUT2D eigenvalue weighted by Crippen LogP contribution is 2.39. The number of rotatable bonds is 7. The van der Waals surface area contributed by atoms with Gasteiger partial charge in [0.1, 0.15) is 22.4 Å². The number of hydrogen-bond donors (Lipinski definition) is 1. The molecule has 6 nitrogen and oxygen atoms in total. The predicted molar refractivity (Wildman–Crippen MR) is 127 cm³/mol. The maximum atomic E-state index is 12.2. The molecule has 0 radical (unpaired) electrons. The van der Waals surface area contributed by atoms with Gasteiger partial charge in [0, 0.05) is 29.4 Å². The second-order valence-corrected chi connectivity index (χ2v) is 9.45.